The van der Waals surface area contributed by atoms with Gasteiger partial charge in [0.1, 0.15) is 0 Å². The van der Waals surface area contributed by atoms with E-state index < -0.39 is 6.43 Å². The van der Waals surface area contributed by atoms with Crippen molar-refractivity contribution in [3.8, 4) is 0 Å². The summed E-state index contributed by atoms with van der Waals surface area (Å²) in [6.45, 7) is 3.33. The van der Waals surface area contributed by atoms with Crippen LogP contribution >= 0.6 is 0 Å². The molecule has 0 aromatic heterocycles. The van der Waals surface area contributed by atoms with Crippen LogP contribution in [0.15, 0.2) is 24.3 Å². The maximum absolute atomic E-state index is 12.5. The zero-order chi connectivity index (χ0) is 14.1. The molecule has 0 amide bonds. The third-order valence-electron chi connectivity index (χ3n) is 2.57. The molecule has 0 aliphatic rings. The third-order valence-corrected chi connectivity index (χ3v) is 2.57. The molecule has 0 radical (unpaired) electrons. The van der Waals surface area contributed by atoms with Gasteiger partial charge in [-0.1, -0.05) is 18.2 Å². The molecule has 3 nitrogen and oxygen atoms in total. The van der Waals surface area contributed by atoms with Gasteiger partial charge in [-0.3, -0.25) is 4.79 Å². The number of halogens is 2. The van der Waals surface area contributed by atoms with Crippen molar-refractivity contribution in [1.82, 2.24) is 5.32 Å². The Bertz CT molecular complexity index is 397. The molecular weight excluding hydrogens is 252 g/mol. The van der Waals surface area contributed by atoms with Crippen LogP contribution in [0.2, 0.25) is 0 Å². The predicted molar refractivity (Wildman–Crippen MR) is 69.0 cm³/mol. The Morgan fingerprint density at radius 1 is 1.42 bits per heavy atom. The van der Waals surface area contributed by atoms with E-state index in [2.05, 4.69) is 5.32 Å². The van der Waals surface area contributed by atoms with E-state index in [4.69, 9.17) is 4.74 Å². The minimum Gasteiger partial charge on any atom is -0.466 e. The van der Waals surface area contributed by atoms with E-state index in [0.29, 0.717) is 32.5 Å². The average molecular weight is 271 g/mol. The van der Waals surface area contributed by atoms with Crippen molar-refractivity contribution < 1.29 is 18.3 Å². The van der Waals surface area contributed by atoms with Gasteiger partial charge >= 0.3 is 5.97 Å². The second-order valence-corrected chi connectivity index (χ2v) is 4.13. The van der Waals surface area contributed by atoms with Crippen LogP contribution in [-0.4, -0.2) is 19.1 Å². The van der Waals surface area contributed by atoms with Crippen LogP contribution in [0, 0.1) is 0 Å². The predicted octanol–water partition coefficient (Wildman–Crippen LogP) is 3.06. The smallest absolute Gasteiger partial charge is 0.305 e. The first kappa shape index (κ1) is 15.6. The number of hydrogen-bond acceptors (Lipinski definition) is 3. The molecule has 0 spiro atoms. The number of carbonyl (C=O) groups excluding carboxylic acids is 1. The monoisotopic (exact) mass is 271 g/mol. The van der Waals surface area contributed by atoms with Crippen LogP contribution in [0.3, 0.4) is 0 Å². The number of benzene rings is 1. The van der Waals surface area contributed by atoms with E-state index >= 15 is 0 Å². The molecule has 5 heteroatoms. The third kappa shape index (κ3) is 6.29. The molecule has 19 heavy (non-hydrogen) atoms. The summed E-state index contributed by atoms with van der Waals surface area (Å²) >= 11 is 0. The Morgan fingerprint density at radius 3 is 2.89 bits per heavy atom. The molecule has 1 aromatic rings. The number of esters is 1. The summed E-state index contributed by atoms with van der Waals surface area (Å²) < 4.78 is 29.8. The van der Waals surface area contributed by atoms with Crippen LogP contribution in [0.1, 0.15) is 37.3 Å². The molecule has 0 unspecified atom stereocenters. The van der Waals surface area contributed by atoms with Crippen LogP contribution in [0.5, 0.6) is 0 Å². The van der Waals surface area contributed by atoms with Gasteiger partial charge in [-0.05, 0) is 31.5 Å². The molecule has 0 aliphatic heterocycles. The lowest BCUT2D eigenvalue weighted by molar-refractivity contribution is -0.143. The lowest BCUT2D eigenvalue weighted by Gasteiger charge is -2.07. The Labute approximate surface area is 112 Å². The summed E-state index contributed by atoms with van der Waals surface area (Å²) in [7, 11) is 0. The molecule has 0 atom stereocenters. The van der Waals surface area contributed by atoms with Crippen LogP contribution < -0.4 is 5.32 Å². The Hall–Kier alpha value is -1.49. The van der Waals surface area contributed by atoms with Gasteiger partial charge in [-0.25, -0.2) is 8.78 Å². The Kier molecular flexibility index (Phi) is 7.03. The maximum Gasteiger partial charge on any atom is 0.305 e. The first-order chi connectivity index (χ1) is 9.13. The number of ether oxygens (including phenoxy) is 1. The number of carbonyl (C=O) groups is 1. The molecule has 0 saturated carbocycles. The normalized spacial score (nSPS) is 10.7. The zero-order valence-corrected chi connectivity index (χ0v) is 11.0. The first-order valence-corrected chi connectivity index (χ1v) is 6.36. The summed E-state index contributed by atoms with van der Waals surface area (Å²) in [4.78, 5) is 11.1. The van der Waals surface area contributed by atoms with Gasteiger partial charge in [-0.15, -0.1) is 0 Å². The first-order valence-electron chi connectivity index (χ1n) is 6.36. The Balaban J connectivity index is 2.22. The van der Waals surface area contributed by atoms with Crippen molar-refractivity contribution >= 4 is 5.97 Å². The molecule has 0 aliphatic carbocycles. The molecular formula is C14H19F2NO2. The fraction of sp³-hybridized carbons (Fsp3) is 0.500. The molecule has 0 saturated heterocycles. The zero-order valence-electron chi connectivity index (χ0n) is 11.0. The molecule has 1 aromatic carbocycles. The highest BCUT2D eigenvalue weighted by molar-refractivity contribution is 5.69. The van der Waals surface area contributed by atoms with Crippen LogP contribution in [0.25, 0.3) is 0 Å². The lowest BCUT2D eigenvalue weighted by Crippen LogP contribution is -2.16. The lowest BCUT2D eigenvalue weighted by atomic mass is 10.1. The van der Waals surface area contributed by atoms with Crippen LogP contribution in [0.4, 0.5) is 8.78 Å². The minimum absolute atomic E-state index is 0.0332. The summed E-state index contributed by atoms with van der Waals surface area (Å²) in [5, 5.41) is 3.11. The SMILES string of the molecule is CCOC(=O)CCCNCc1cccc(C(F)F)c1. The summed E-state index contributed by atoms with van der Waals surface area (Å²) in [6, 6.07) is 6.32. The topological polar surface area (TPSA) is 38.3 Å². The number of nitrogens with one attached hydrogen (secondary N) is 1. The van der Waals surface area contributed by atoms with Crippen molar-refractivity contribution in [2.45, 2.75) is 32.7 Å². The van der Waals surface area contributed by atoms with E-state index in [9.17, 15) is 13.6 Å². The fourth-order valence-electron chi connectivity index (χ4n) is 1.66. The van der Waals surface area contributed by atoms with Crippen molar-refractivity contribution in [3.05, 3.63) is 35.4 Å². The van der Waals surface area contributed by atoms with E-state index in [1.165, 1.54) is 12.1 Å². The second-order valence-electron chi connectivity index (χ2n) is 4.13. The highest BCUT2D eigenvalue weighted by atomic mass is 19.3. The largest absolute Gasteiger partial charge is 0.466 e. The van der Waals surface area contributed by atoms with Gasteiger partial charge < -0.3 is 10.1 Å². The molecule has 0 fully saturated rings. The van der Waals surface area contributed by atoms with Gasteiger partial charge in [-0.2, -0.15) is 0 Å². The van der Waals surface area contributed by atoms with Crippen molar-refractivity contribution in [3.63, 3.8) is 0 Å². The maximum atomic E-state index is 12.5. The minimum atomic E-state index is -2.44. The van der Waals surface area contributed by atoms with E-state index in [1.807, 2.05) is 0 Å². The average Bonchev–Trinajstić information content (AvgIpc) is 2.39. The van der Waals surface area contributed by atoms with Crippen LogP contribution in [-0.2, 0) is 16.1 Å². The number of hydrogen-bond donors (Lipinski definition) is 1. The highest BCUT2D eigenvalue weighted by Crippen LogP contribution is 2.19. The number of rotatable bonds is 8. The van der Waals surface area contributed by atoms with Gasteiger partial charge in [0.05, 0.1) is 6.61 Å². The highest BCUT2D eigenvalue weighted by Gasteiger charge is 2.06. The van der Waals surface area contributed by atoms with E-state index in [1.54, 1.807) is 19.1 Å². The van der Waals surface area contributed by atoms with Gasteiger partial charge in [0.25, 0.3) is 6.43 Å². The molecule has 1 N–H and O–H groups in total. The quantitative estimate of drug-likeness (QED) is 0.583. The summed E-state index contributed by atoms with van der Waals surface area (Å²) in [6.07, 6.45) is -1.39. The second kappa shape index (κ2) is 8.58. The molecule has 0 bridgehead atoms. The molecule has 0 heterocycles. The van der Waals surface area contributed by atoms with Crippen molar-refractivity contribution in [2.24, 2.45) is 0 Å². The van der Waals surface area contributed by atoms with Crippen molar-refractivity contribution in [1.29, 1.82) is 0 Å². The van der Waals surface area contributed by atoms with Gasteiger partial charge in [0.15, 0.2) is 0 Å². The molecule has 1 rings (SSSR count). The van der Waals surface area contributed by atoms with Gasteiger partial charge in [0, 0.05) is 18.5 Å². The Morgan fingerprint density at radius 2 is 2.21 bits per heavy atom. The summed E-state index contributed by atoms with van der Waals surface area (Å²) in [5.41, 5.74) is 0.847. The fourth-order valence-corrected chi connectivity index (χ4v) is 1.66. The van der Waals surface area contributed by atoms with E-state index in [-0.39, 0.29) is 11.5 Å². The molecule has 106 valence electrons. The standard InChI is InChI=1S/C14H19F2NO2/c1-2-19-13(18)7-4-8-17-10-11-5-3-6-12(9-11)14(15)16/h3,5-6,9,14,17H,2,4,7-8,10H2,1H3. The number of alkyl halides is 2. The van der Waals surface area contributed by atoms with Gasteiger partial charge in [0.2, 0.25) is 0 Å². The van der Waals surface area contributed by atoms with Crippen molar-refractivity contribution in [2.75, 3.05) is 13.2 Å². The van der Waals surface area contributed by atoms with E-state index in [0.717, 1.165) is 5.56 Å². The summed E-state index contributed by atoms with van der Waals surface area (Å²) in [5.74, 6) is -0.205.